The number of carbonyl (C=O) groups is 1. The van der Waals surface area contributed by atoms with Crippen LogP contribution >= 0.6 is 0 Å². The first kappa shape index (κ1) is 16.7. The monoisotopic (exact) mass is 363 g/mol. The van der Waals surface area contributed by atoms with Crippen LogP contribution in [0, 0.1) is 23.2 Å². The Morgan fingerprint density at radius 2 is 1.81 bits per heavy atom. The maximum absolute atomic E-state index is 13.2. The number of halogens is 2. The zero-order valence-corrected chi connectivity index (χ0v) is 15.1. The molecule has 5 aliphatic rings. The van der Waals surface area contributed by atoms with Crippen LogP contribution in [0.2, 0.25) is 0 Å². The molecule has 0 spiro atoms. The van der Waals surface area contributed by atoms with Crippen molar-refractivity contribution < 1.29 is 13.6 Å². The highest BCUT2D eigenvalue weighted by Crippen LogP contribution is 2.59. The third-order valence-corrected chi connectivity index (χ3v) is 7.36. The molecule has 4 saturated carbocycles. The number of rotatable bonds is 5. The Morgan fingerprint density at radius 3 is 2.42 bits per heavy atom. The standard InChI is InChI=1S/C20H27F2N3O/c21-19(22)18-15-2-1-3-16(15)25(24-18)10-17(26)23-11-20-7-12-4-13(8-20)6-14(5-12)9-20/h12-14,19H,1-11H2,(H,23,26). The van der Waals surface area contributed by atoms with Gasteiger partial charge in [-0.15, -0.1) is 0 Å². The fourth-order valence-electron chi connectivity index (χ4n) is 6.83. The van der Waals surface area contributed by atoms with E-state index in [1.165, 1.54) is 43.2 Å². The number of nitrogens with zero attached hydrogens (tertiary/aromatic N) is 2. The average molecular weight is 363 g/mol. The highest BCUT2D eigenvalue weighted by Gasteiger charge is 2.50. The minimum Gasteiger partial charge on any atom is -0.354 e. The van der Waals surface area contributed by atoms with Gasteiger partial charge in [0.15, 0.2) is 0 Å². The molecule has 1 heterocycles. The maximum atomic E-state index is 13.2. The third kappa shape index (κ3) is 2.76. The zero-order chi connectivity index (χ0) is 17.9. The van der Waals surface area contributed by atoms with E-state index in [9.17, 15) is 13.6 Å². The predicted molar refractivity (Wildman–Crippen MR) is 92.8 cm³/mol. The summed E-state index contributed by atoms with van der Waals surface area (Å²) in [6.07, 6.45) is 7.67. The number of alkyl halides is 2. The molecule has 0 radical (unpaired) electrons. The summed E-state index contributed by atoms with van der Waals surface area (Å²) < 4.78 is 27.9. The van der Waals surface area contributed by atoms with Gasteiger partial charge in [0.05, 0.1) is 0 Å². The van der Waals surface area contributed by atoms with Gasteiger partial charge < -0.3 is 5.32 Å². The van der Waals surface area contributed by atoms with E-state index in [4.69, 9.17) is 0 Å². The second kappa shape index (κ2) is 6.03. The van der Waals surface area contributed by atoms with Crippen LogP contribution in [0.5, 0.6) is 0 Å². The number of hydrogen-bond acceptors (Lipinski definition) is 2. The van der Waals surface area contributed by atoms with Gasteiger partial charge in [-0.05, 0) is 81.0 Å². The van der Waals surface area contributed by atoms with Crippen LogP contribution in [-0.2, 0) is 24.2 Å². The average Bonchev–Trinajstić information content (AvgIpc) is 3.15. The SMILES string of the molecule is O=C(Cn1nc(C(F)F)c2c1CCC2)NCC12CC3CC(CC(C3)C1)C2. The van der Waals surface area contributed by atoms with Crippen molar-refractivity contribution in [3.05, 3.63) is 17.0 Å². The molecule has 1 aromatic heterocycles. The molecule has 1 amide bonds. The van der Waals surface area contributed by atoms with Crippen LogP contribution in [0.4, 0.5) is 8.78 Å². The van der Waals surface area contributed by atoms with E-state index < -0.39 is 6.43 Å². The highest BCUT2D eigenvalue weighted by molar-refractivity contribution is 5.75. The Bertz CT molecular complexity index is 692. The molecular weight excluding hydrogens is 336 g/mol. The minimum atomic E-state index is -2.56. The molecular formula is C20H27F2N3O. The van der Waals surface area contributed by atoms with Gasteiger partial charge in [0.25, 0.3) is 6.43 Å². The van der Waals surface area contributed by atoms with Crippen molar-refractivity contribution >= 4 is 5.91 Å². The fraction of sp³-hybridized carbons (Fsp3) is 0.800. The van der Waals surface area contributed by atoms with Crippen molar-refractivity contribution in [3.8, 4) is 0 Å². The Balaban J connectivity index is 1.24. The molecule has 4 bridgehead atoms. The van der Waals surface area contributed by atoms with Gasteiger partial charge in [0, 0.05) is 17.8 Å². The molecule has 4 fully saturated rings. The first-order chi connectivity index (χ1) is 12.5. The molecule has 6 heteroatoms. The van der Waals surface area contributed by atoms with Crippen molar-refractivity contribution in [1.82, 2.24) is 15.1 Å². The quantitative estimate of drug-likeness (QED) is 0.868. The summed E-state index contributed by atoms with van der Waals surface area (Å²) in [5.74, 6) is 2.50. The molecule has 26 heavy (non-hydrogen) atoms. The van der Waals surface area contributed by atoms with Crippen molar-refractivity contribution in [3.63, 3.8) is 0 Å². The highest BCUT2D eigenvalue weighted by atomic mass is 19.3. The molecule has 0 aromatic carbocycles. The second-order valence-corrected chi connectivity index (χ2v) is 9.32. The van der Waals surface area contributed by atoms with Gasteiger partial charge in [-0.2, -0.15) is 5.10 Å². The van der Waals surface area contributed by atoms with Gasteiger partial charge in [0.2, 0.25) is 5.91 Å². The number of carbonyl (C=O) groups excluding carboxylic acids is 1. The maximum Gasteiger partial charge on any atom is 0.282 e. The molecule has 1 aromatic rings. The third-order valence-electron chi connectivity index (χ3n) is 7.36. The van der Waals surface area contributed by atoms with Gasteiger partial charge in [-0.1, -0.05) is 0 Å². The lowest BCUT2D eigenvalue weighted by molar-refractivity contribution is -0.124. The molecule has 142 valence electrons. The Morgan fingerprint density at radius 1 is 1.15 bits per heavy atom. The largest absolute Gasteiger partial charge is 0.354 e. The lowest BCUT2D eigenvalue weighted by Gasteiger charge is -2.56. The van der Waals surface area contributed by atoms with Crippen LogP contribution in [0.25, 0.3) is 0 Å². The van der Waals surface area contributed by atoms with Crippen LogP contribution in [0.15, 0.2) is 0 Å². The first-order valence-corrected chi connectivity index (χ1v) is 10.1. The summed E-state index contributed by atoms with van der Waals surface area (Å²) in [7, 11) is 0. The van der Waals surface area contributed by atoms with E-state index in [1.807, 2.05) is 0 Å². The van der Waals surface area contributed by atoms with Gasteiger partial charge in [-0.3, -0.25) is 9.48 Å². The summed E-state index contributed by atoms with van der Waals surface area (Å²) in [5.41, 5.74) is 1.69. The Hall–Kier alpha value is -1.46. The predicted octanol–water partition coefficient (Wildman–Crippen LogP) is 3.64. The van der Waals surface area contributed by atoms with E-state index in [1.54, 1.807) is 0 Å². The summed E-state index contributed by atoms with van der Waals surface area (Å²) in [6.45, 7) is 0.821. The van der Waals surface area contributed by atoms with E-state index in [0.717, 1.165) is 42.8 Å². The second-order valence-electron chi connectivity index (χ2n) is 9.32. The van der Waals surface area contributed by atoms with E-state index in [0.29, 0.717) is 17.4 Å². The number of hydrogen-bond donors (Lipinski definition) is 1. The molecule has 0 atom stereocenters. The first-order valence-electron chi connectivity index (χ1n) is 10.1. The lowest BCUT2D eigenvalue weighted by Crippen LogP contribution is -2.51. The fourth-order valence-corrected chi connectivity index (χ4v) is 6.83. The van der Waals surface area contributed by atoms with Crippen LogP contribution in [-0.4, -0.2) is 22.2 Å². The Labute approximate surface area is 152 Å². The van der Waals surface area contributed by atoms with Gasteiger partial charge in [0.1, 0.15) is 12.2 Å². The molecule has 1 N–H and O–H groups in total. The molecule has 5 aliphatic carbocycles. The summed E-state index contributed by atoms with van der Waals surface area (Å²) in [6, 6.07) is 0. The van der Waals surface area contributed by atoms with E-state index in [2.05, 4.69) is 10.4 Å². The molecule has 6 rings (SSSR count). The molecule has 4 nitrogen and oxygen atoms in total. The summed E-state index contributed by atoms with van der Waals surface area (Å²) >= 11 is 0. The smallest absolute Gasteiger partial charge is 0.282 e. The lowest BCUT2D eigenvalue weighted by atomic mass is 9.49. The van der Waals surface area contributed by atoms with Gasteiger partial charge >= 0.3 is 0 Å². The van der Waals surface area contributed by atoms with Crippen molar-refractivity contribution in [2.24, 2.45) is 23.2 Å². The Kier molecular flexibility index (Phi) is 3.87. The van der Waals surface area contributed by atoms with Crippen molar-refractivity contribution in [1.29, 1.82) is 0 Å². The van der Waals surface area contributed by atoms with Gasteiger partial charge in [-0.25, -0.2) is 8.78 Å². The van der Waals surface area contributed by atoms with Crippen molar-refractivity contribution in [2.75, 3.05) is 6.54 Å². The summed E-state index contributed by atoms with van der Waals surface area (Å²) in [5, 5.41) is 7.18. The van der Waals surface area contributed by atoms with E-state index in [-0.39, 0.29) is 18.1 Å². The minimum absolute atomic E-state index is 0.0709. The van der Waals surface area contributed by atoms with Crippen LogP contribution in [0.3, 0.4) is 0 Å². The number of amides is 1. The zero-order valence-electron chi connectivity index (χ0n) is 15.1. The molecule has 0 aliphatic heterocycles. The number of nitrogens with one attached hydrogen (secondary N) is 1. The van der Waals surface area contributed by atoms with Crippen LogP contribution in [0.1, 0.15) is 68.3 Å². The normalized spacial score (nSPS) is 34.5. The van der Waals surface area contributed by atoms with Crippen molar-refractivity contribution in [2.45, 2.75) is 70.8 Å². The molecule has 0 saturated heterocycles. The number of fused-ring (bicyclic) bond motifs is 1. The summed E-state index contributed by atoms with van der Waals surface area (Å²) in [4.78, 5) is 12.5. The van der Waals surface area contributed by atoms with E-state index >= 15 is 0 Å². The topological polar surface area (TPSA) is 46.9 Å². The van der Waals surface area contributed by atoms with Crippen LogP contribution < -0.4 is 5.32 Å². The number of aromatic nitrogens is 2. The molecule has 0 unspecified atom stereocenters.